The fourth-order valence-corrected chi connectivity index (χ4v) is 9.65. The topological polar surface area (TPSA) is 273 Å². The number of fused-ring (bicyclic) bond motifs is 1. The van der Waals surface area contributed by atoms with Gasteiger partial charge in [0.15, 0.2) is 0 Å². The van der Waals surface area contributed by atoms with E-state index in [2.05, 4.69) is 41.9 Å². The number of carboxylic acids is 2. The Kier molecular flexibility index (Phi) is 12.8. The highest BCUT2D eigenvalue weighted by molar-refractivity contribution is 7.98. The Hall–Kier alpha value is -3.98. The minimum absolute atomic E-state index is 0.0601. The molecule has 2 fully saturated rings. The highest BCUT2D eigenvalue weighted by atomic mass is 32.2. The third kappa shape index (κ3) is 11.0. The highest BCUT2D eigenvalue weighted by Gasteiger charge is 2.54. The molecule has 9 N–H and O–H groups in total. The molecular formula is C29H38N8O8S4. The number of guanidine groups is 2. The molecule has 0 aliphatic heterocycles. The number of hydrogen-bond donors (Lipinski definition) is 7. The number of carbonyl (C=O) groups excluding carboxylic acids is 1. The number of nitrogens with zero attached hydrogens (tertiary/aromatic N) is 2. The Morgan fingerprint density at radius 2 is 1.88 bits per heavy atom. The molecule has 2 bridgehead atoms. The monoisotopic (exact) mass is 754 g/mol. The normalized spacial score (nSPS) is 22.5. The van der Waals surface area contributed by atoms with Crippen LogP contribution in [-0.4, -0.2) is 76.7 Å². The van der Waals surface area contributed by atoms with Crippen LogP contribution in [0.5, 0.6) is 0 Å². The predicted molar refractivity (Wildman–Crippen MR) is 183 cm³/mol. The predicted octanol–water partition coefficient (Wildman–Crippen LogP) is -1.97. The van der Waals surface area contributed by atoms with Gasteiger partial charge >= 0.3 is 11.9 Å². The van der Waals surface area contributed by atoms with Gasteiger partial charge in [-0.05, 0) is 66.7 Å². The van der Waals surface area contributed by atoms with Crippen LogP contribution in [0, 0.1) is 29.6 Å². The van der Waals surface area contributed by atoms with Crippen molar-refractivity contribution in [2.24, 2.45) is 46.0 Å². The van der Waals surface area contributed by atoms with Crippen LogP contribution in [0.25, 0.3) is 0 Å². The van der Waals surface area contributed by atoms with Crippen LogP contribution in [0.4, 0.5) is 5.13 Å². The first-order valence-corrected chi connectivity index (χ1v) is 20.0. The smallest absolute Gasteiger partial charge is 0.328 e. The van der Waals surface area contributed by atoms with Crippen LogP contribution in [0.15, 0.2) is 68.7 Å². The van der Waals surface area contributed by atoms with Crippen molar-refractivity contribution >= 4 is 72.1 Å². The van der Waals surface area contributed by atoms with Gasteiger partial charge in [0, 0.05) is 43.1 Å². The van der Waals surface area contributed by atoms with E-state index in [1.807, 2.05) is 5.38 Å². The zero-order valence-corrected chi connectivity index (χ0v) is 29.6. The van der Waals surface area contributed by atoms with Crippen molar-refractivity contribution in [2.75, 3.05) is 25.9 Å². The lowest BCUT2D eigenvalue weighted by molar-refractivity contribution is -0.355. The zero-order valence-electron chi connectivity index (χ0n) is 26.3. The summed E-state index contributed by atoms with van der Waals surface area (Å²) in [5, 5.41) is 22.7. The first-order valence-electron chi connectivity index (χ1n) is 15.0. The Balaban J connectivity index is 0.000000603. The maximum absolute atomic E-state index is 13.1. The minimum Gasteiger partial charge on any atom is -0.545 e. The second-order valence-electron chi connectivity index (χ2n) is 11.4. The summed E-state index contributed by atoms with van der Waals surface area (Å²) in [4.78, 5) is 29.8. The number of carboxylic acid groups (broad SMARTS) is 2. The van der Waals surface area contributed by atoms with Gasteiger partial charge in [-0.1, -0.05) is 29.6 Å². The van der Waals surface area contributed by atoms with Gasteiger partial charge in [0.05, 0.1) is 15.8 Å². The standard InChI is InChI=1S/C25H34N8O4S4.C4H4O4/c1-28-24(29-7-8-38-13-17-14-39-25(31-17)32-23(26)27)33-41(36,37)19-4-2-3-18(10-19)40(34,35)30-12-16-9-15-5-6-20(16)22-11-21(15)22;5-3(6)1-2-4(7)8/h2-6,10,14-16,20-22,30H,7-9,11-13H2,1H3,(H2,28,29,33)(H4,26,27,31,32);1-2H,(H,5,6)(H,7,8)/b;2-1+. The molecule has 0 amide bonds. The fourth-order valence-electron chi connectivity index (χ4n) is 5.78. The van der Waals surface area contributed by atoms with Gasteiger partial charge < -0.3 is 31.8 Å². The molecule has 4 aliphatic carbocycles. The van der Waals surface area contributed by atoms with E-state index in [1.165, 1.54) is 49.1 Å². The summed E-state index contributed by atoms with van der Waals surface area (Å²) in [6, 6.07) is 5.36. The summed E-state index contributed by atoms with van der Waals surface area (Å²) in [5.74, 6) is 1.39. The highest BCUT2D eigenvalue weighted by Crippen LogP contribution is 2.61. The fraction of sp³-hybridized carbons (Fsp3) is 0.414. The van der Waals surface area contributed by atoms with Crippen LogP contribution in [0.1, 0.15) is 18.5 Å². The van der Waals surface area contributed by atoms with Crippen molar-refractivity contribution < 1.29 is 41.6 Å². The van der Waals surface area contributed by atoms with Crippen LogP contribution >= 0.6 is 23.1 Å². The van der Waals surface area contributed by atoms with E-state index in [9.17, 15) is 31.5 Å². The van der Waals surface area contributed by atoms with Gasteiger partial charge in [0.25, 0.3) is 15.2 Å². The number of aliphatic carboxylic acids is 2. The quantitative estimate of drug-likeness (QED) is 0.0363. The number of aliphatic imine (C=N–C) groups is 1. The molecule has 6 rings (SSSR count). The molecule has 2 saturated carbocycles. The number of nitrogens with one attached hydrogen (secondary N) is 4. The molecule has 2 aromatic rings. The first kappa shape index (κ1) is 37.8. The number of carbonyl (C=O) groups is 2. The maximum Gasteiger partial charge on any atom is 0.328 e. The molecule has 1 aromatic carbocycles. The van der Waals surface area contributed by atoms with Crippen molar-refractivity contribution in [3.63, 3.8) is 0 Å². The van der Waals surface area contributed by atoms with E-state index in [-0.39, 0.29) is 27.6 Å². The molecule has 1 aromatic heterocycles. The lowest BCUT2D eigenvalue weighted by atomic mass is 9.69. The number of nitrogens with two attached hydrogens (primary N) is 2. The number of sulfonamides is 2. The van der Waals surface area contributed by atoms with Crippen LogP contribution in [0.2, 0.25) is 0 Å². The number of aromatic nitrogens is 1. The molecule has 20 heteroatoms. The van der Waals surface area contributed by atoms with E-state index in [1.54, 1.807) is 11.8 Å². The van der Waals surface area contributed by atoms with Gasteiger partial charge in [-0.15, -0.1) is 4.98 Å². The number of thiazole rings is 1. The van der Waals surface area contributed by atoms with Crippen LogP contribution in [-0.2, 0) is 35.4 Å². The van der Waals surface area contributed by atoms with Crippen molar-refractivity contribution in [3.05, 3.63) is 59.6 Å². The number of rotatable bonds is 14. The molecule has 49 heavy (non-hydrogen) atoms. The van der Waals surface area contributed by atoms with Crippen LogP contribution in [0.3, 0.4) is 0 Å². The number of thioether (sulfide) groups is 1. The number of hydrogen-bond acceptors (Lipinski definition) is 11. The summed E-state index contributed by atoms with van der Waals surface area (Å²) < 4.78 is 57.5. The zero-order chi connectivity index (χ0) is 35.8. The van der Waals surface area contributed by atoms with Crippen molar-refractivity contribution in [2.45, 2.75) is 28.4 Å². The molecule has 5 unspecified atom stereocenters. The van der Waals surface area contributed by atoms with Crippen molar-refractivity contribution in [3.8, 4) is 0 Å². The molecule has 4 aliphatic rings. The molecule has 1 heterocycles. The molecule has 16 nitrogen and oxygen atoms in total. The lowest BCUT2D eigenvalue weighted by Gasteiger charge is -2.37. The van der Waals surface area contributed by atoms with Gasteiger partial charge in [-0.25, -0.2) is 36.1 Å². The molecule has 0 spiro atoms. The average molecular weight is 755 g/mol. The lowest BCUT2D eigenvalue weighted by Crippen LogP contribution is -2.72. The third-order valence-electron chi connectivity index (χ3n) is 8.01. The van der Waals surface area contributed by atoms with Crippen molar-refractivity contribution in [1.29, 1.82) is 0 Å². The summed E-state index contributed by atoms with van der Waals surface area (Å²) in [5.41, 5.74) is 11.7. The van der Waals surface area contributed by atoms with E-state index < -0.39 is 32.0 Å². The largest absolute Gasteiger partial charge is 0.545 e. The Morgan fingerprint density at radius 1 is 1.14 bits per heavy atom. The molecule has 0 saturated heterocycles. The van der Waals surface area contributed by atoms with Gasteiger partial charge in [-0.3, -0.25) is 4.99 Å². The average Bonchev–Trinajstić information content (AvgIpc) is 3.78. The van der Waals surface area contributed by atoms with Gasteiger partial charge in [-0.2, -0.15) is 11.8 Å². The van der Waals surface area contributed by atoms with Gasteiger partial charge in [0.2, 0.25) is 16.0 Å². The van der Waals surface area contributed by atoms with E-state index in [0.717, 1.165) is 18.0 Å². The number of benzene rings is 1. The van der Waals surface area contributed by atoms with E-state index >= 15 is 0 Å². The first-order chi connectivity index (χ1) is 23.2. The van der Waals surface area contributed by atoms with E-state index in [0.29, 0.717) is 59.6 Å². The summed E-state index contributed by atoms with van der Waals surface area (Å²) in [6.07, 6.45) is 7.74. The van der Waals surface area contributed by atoms with E-state index in [4.69, 9.17) is 16.6 Å². The van der Waals surface area contributed by atoms with Crippen molar-refractivity contribution in [1.82, 2.24) is 19.7 Å². The summed E-state index contributed by atoms with van der Waals surface area (Å²) >= 11 is 3.00. The Labute approximate surface area is 292 Å². The minimum atomic E-state index is -4.08. The molecule has 266 valence electrons. The van der Waals surface area contributed by atoms with Crippen LogP contribution < -0.4 is 36.3 Å². The summed E-state index contributed by atoms with van der Waals surface area (Å²) in [6.45, 7) is 0.791. The number of allylic oxidation sites excluding steroid dienone is 2. The molecule has 0 radical (unpaired) electrons. The second-order valence-corrected chi connectivity index (χ2v) is 16.8. The Morgan fingerprint density at radius 3 is 2.51 bits per heavy atom. The summed E-state index contributed by atoms with van der Waals surface area (Å²) in [7, 11) is -6.50. The SMILES string of the molecule is CN=C(NCCSCc1csc([NH+]=C(N)N)n1)NS(=O)(=O)c1cccc(S(=O)(=O)NCC2CC3C=CC2C2CC32)c1.O=C([O-])/C=C/C(=O)O. The second kappa shape index (κ2) is 16.6. The Bertz CT molecular complexity index is 1840. The van der Waals surface area contributed by atoms with Gasteiger partial charge in [0.1, 0.15) is 5.69 Å². The molecular weight excluding hydrogens is 717 g/mol. The maximum atomic E-state index is 13.1. The third-order valence-corrected chi connectivity index (χ3v) is 12.6. The molecule has 5 atom stereocenters.